The van der Waals surface area contributed by atoms with E-state index in [0.717, 1.165) is 38.5 Å². The summed E-state index contributed by atoms with van der Waals surface area (Å²) in [6.07, 6.45) is 39.1. The van der Waals surface area contributed by atoms with E-state index in [4.69, 9.17) is 4.74 Å². The van der Waals surface area contributed by atoms with Gasteiger partial charge in [0.05, 0.1) is 26.4 Å². The van der Waals surface area contributed by atoms with E-state index in [1.165, 1.54) is 116 Å². The first-order chi connectivity index (χ1) is 20.9. The van der Waals surface area contributed by atoms with Crippen molar-refractivity contribution < 1.29 is 25.2 Å². The van der Waals surface area contributed by atoms with E-state index in [1.54, 1.807) is 0 Å². The predicted octanol–water partition coefficient (Wildman–Crippen LogP) is 9.74. The van der Waals surface area contributed by atoms with Gasteiger partial charge in [0.15, 0.2) is 0 Å². The largest absolute Gasteiger partial charge is 0.393 e. The third kappa shape index (κ3) is 28.5. The number of rotatable bonds is 34. The first kappa shape index (κ1) is 42.3. The molecule has 0 aromatic carbocycles. The Hall–Kier alpha value is -0.720. The number of unbranched alkanes of at least 4 members (excludes halogenated alkanes) is 20. The van der Waals surface area contributed by atoms with Crippen molar-refractivity contribution in [1.29, 1.82) is 0 Å². The van der Waals surface area contributed by atoms with Crippen molar-refractivity contribution in [3.8, 4) is 0 Å². The highest BCUT2D eigenvalue weighted by Crippen LogP contribution is 2.21. The second-order valence-electron chi connectivity index (χ2n) is 13.2. The molecule has 2 atom stereocenters. The van der Waals surface area contributed by atoms with Crippen molar-refractivity contribution in [2.45, 2.75) is 192 Å². The quantitative estimate of drug-likeness (QED) is 0.0430. The highest BCUT2D eigenvalue weighted by Gasteiger charge is 2.30. The molecule has 0 saturated heterocycles. The van der Waals surface area contributed by atoms with Gasteiger partial charge >= 0.3 is 0 Å². The SMILES string of the molecule is CCCCCC/C=C\CCCCCCCCC(O)(CO)COCC(O)(CO)CCCCCCCC/C=C\CCCCCC. The maximum Gasteiger partial charge on any atom is 0.111 e. The Kier molecular flexibility index (Phi) is 30.7. The van der Waals surface area contributed by atoms with Crippen LogP contribution in [0, 0.1) is 0 Å². The number of aliphatic hydroxyl groups is 4. The van der Waals surface area contributed by atoms with Crippen molar-refractivity contribution in [2.75, 3.05) is 26.4 Å². The number of allylic oxidation sites excluding steroid dienone is 4. The van der Waals surface area contributed by atoms with Gasteiger partial charge < -0.3 is 25.2 Å². The Morgan fingerprint density at radius 1 is 0.419 bits per heavy atom. The lowest BCUT2D eigenvalue weighted by molar-refractivity contribution is -0.129. The summed E-state index contributed by atoms with van der Waals surface area (Å²) in [4.78, 5) is 0. The van der Waals surface area contributed by atoms with E-state index < -0.39 is 11.2 Å². The van der Waals surface area contributed by atoms with Crippen LogP contribution in [0.1, 0.15) is 181 Å². The summed E-state index contributed by atoms with van der Waals surface area (Å²) in [5, 5.41) is 41.1. The van der Waals surface area contributed by atoms with Gasteiger partial charge in [-0.25, -0.2) is 0 Å². The molecule has 0 spiro atoms. The van der Waals surface area contributed by atoms with E-state index in [9.17, 15) is 20.4 Å². The van der Waals surface area contributed by atoms with Crippen LogP contribution in [-0.4, -0.2) is 58.1 Å². The van der Waals surface area contributed by atoms with Gasteiger partial charge in [0.1, 0.15) is 11.2 Å². The molecular formula is C38H74O5. The van der Waals surface area contributed by atoms with Gasteiger partial charge in [-0.05, 0) is 64.2 Å². The van der Waals surface area contributed by atoms with E-state index in [0.29, 0.717) is 12.8 Å². The molecule has 0 saturated carbocycles. The standard InChI is InChI=1S/C38H74O5/c1-3-5-7-9-11-13-15-17-19-21-23-25-27-29-31-37(41,33-39)35-43-36-38(42,34-40)32-30-28-26-24-22-20-18-16-14-12-10-8-6-4-2/h13-16,39-42H,3-12,17-36H2,1-2H3/b15-13-,16-14-. The Morgan fingerprint density at radius 3 is 1.00 bits per heavy atom. The second kappa shape index (κ2) is 31.3. The highest BCUT2D eigenvalue weighted by molar-refractivity contribution is 4.83. The smallest absolute Gasteiger partial charge is 0.111 e. The molecule has 0 aromatic heterocycles. The third-order valence-electron chi connectivity index (χ3n) is 8.64. The molecule has 0 aliphatic carbocycles. The lowest BCUT2D eigenvalue weighted by atomic mass is 9.95. The summed E-state index contributed by atoms with van der Waals surface area (Å²) in [5.74, 6) is 0. The van der Waals surface area contributed by atoms with Gasteiger partial charge in [0, 0.05) is 0 Å². The van der Waals surface area contributed by atoms with E-state index in [-0.39, 0.29) is 26.4 Å². The maximum absolute atomic E-state index is 10.8. The van der Waals surface area contributed by atoms with E-state index >= 15 is 0 Å². The minimum absolute atomic E-state index is 0.0240. The molecule has 5 heteroatoms. The Labute approximate surface area is 267 Å². The molecule has 0 aliphatic heterocycles. The monoisotopic (exact) mass is 611 g/mol. The zero-order valence-corrected chi connectivity index (χ0v) is 28.7. The Morgan fingerprint density at radius 2 is 0.698 bits per heavy atom. The fourth-order valence-corrected chi connectivity index (χ4v) is 5.52. The molecule has 2 unspecified atom stereocenters. The lowest BCUT2D eigenvalue weighted by Gasteiger charge is -2.30. The topological polar surface area (TPSA) is 90.2 Å². The summed E-state index contributed by atoms with van der Waals surface area (Å²) in [6.45, 7) is 3.74. The molecule has 5 nitrogen and oxygen atoms in total. The molecular weight excluding hydrogens is 536 g/mol. The zero-order valence-electron chi connectivity index (χ0n) is 28.7. The number of hydrogen-bond donors (Lipinski definition) is 4. The van der Waals surface area contributed by atoms with Crippen LogP contribution in [0.2, 0.25) is 0 Å². The van der Waals surface area contributed by atoms with Gasteiger partial charge in [0.2, 0.25) is 0 Å². The molecule has 0 aromatic rings. The second-order valence-corrected chi connectivity index (χ2v) is 13.2. The molecule has 4 N–H and O–H groups in total. The molecule has 0 bridgehead atoms. The molecule has 0 aliphatic rings. The minimum atomic E-state index is -1.29. The minimum Gasteiger partial charge on any atom is -0.393 e. The first-order valence-corrected chi connectivity index (χ1v) is 18.5. The highest BCUT2D eigenvalue weighted by atomic mass is 16.5. The molecule has 43 heavy (non-hydrogen) atoms. The fraction of sp³-hybridized carbons (Fsp3) is 0.895. The van der Waals surface area contributed by atoms with Crippen LogP contribution < -0.4 is 0 Å². The fourth-order valence-electron chi connectivity index (χ4n) is 5.52. The van der Waals surface area contributed by atoms with Crippen LogP contribution in [0.25, 0.3) is 0 Å². The van der Waals surface area contributed by atoms with Crippen molar-refractivity contribution in [2.24, 2.45) is 0 Å². The van der Waals surface area contributed by atoms with Crippen LogP contribution in [-0.2, 0) is 4.74 Å². The van der Waals surface area contributed by atoms with Crippen molar-refractivity contribution in [3.63, 3.8) is 0 Å². The molecule has 0 radical (unpaired) electrons. The van der Waals surface area contributed by atoms with E-state index in [2.05, 4.69) is 38.2 Å². The van der Waals surface area contributed by atoms with Gasteiger partial charge in [-0.15, -0.1) is 0 Å². The average Bonchev–Trinajstić information content (AvgIpc) is 3.01. The van der Waals surface area contributed by atoms with Gasteiger partial charge in [-0.3, -0.25) is 0 Å². The van der Waals surface area contributed by atoms with Gasteiger partial charge in [-0.2, -0.15) is 0 Å². The Balaban J connectivity index is 3.84. The van der Waals surface area contributed by atoms with Crippen LogP contribution in [0.3, 0.4) is 0 Å². The summed E-state index contributed by atoms with van der Waals surface area (Å²) in [7, 11) is 0. The maximum atomic E-state index is 10.8. The van der Waals surface area contributed by atoms with Gasteiger partial charge in [0.25, 0.3) is 0 Å². The lowest BCUT2D eigenvalue weighted by Crippen LogP contribution is -2.43. The summed E-state index contributed by atoms with van der Waals surface area (Å²) in [5.41, 5.74) is -2.58. The number of aliphatic hydroxyl groups excluding tert-OH is 2. The zero-order chi connectivity index (χ0) is 31.7. The molecule has 0 heterocycles. The van der Waals surface area contributed by atoms with E-state index in [1.807, 2.05) is 0 Å². The number of hydrogen-bond acceptors (Lipinski definition) is 5. The van der Waals surface area contributed by atoms with Crippen molar-refractivity contribution in [1.82, 2.24) is 0 Å². The third-order valence-corrected chi connectivity index (χ3v) is 8.64. The summed E-state index contributed by atoms with van der Waals surface area (Å²) < 4.78 is 5.65. The summed E-state index contributed by atoms with van der Waals surface area (Å²) in [6, 6.07) is 0. The van der Waals surface area contributed by atoms with Crippen LogP contribution in [0.4, 0.5) is 0 Å². The van der Waals surface area contributed by atoms with Crippen LogP contribution in [0.15, 0.2) is 24.3 Å². The number of ether oxygens (including phenoxy) is 1. The predicted molar refractivity (Wildman–Crippen MR) is 185 cm³/mol. The van der Waals surface area contributed by atoms with Crippen LogP contribution >= 0.6 is 0 Å². The average molecular weight is 611 g/mol. The van der Waals surface area contributed by atoms with Gasteiger partial charge in [-0.1, -0.05) is 141 Å². The van der Waals surface area contributed by atoms with Crippen molar-refractivity contribution >= 4 is 0 Å². The van der Waals surface area contributed by atoms with Crippen molar-refractivity contribution in [3.05, 3.63) is 24.3 Å². The molecule has 0 amide bonds. The van der Waals surface area contributed by atoms with Crippen LogP contribution in [0.5, 0.6) is 0 Å². The Bertz CT molecular complexity index is 569. The molecule has 0 rings (SSSR count). The first-order valence-electron chi connectivity index (χ1n) is 18.5. The molecule has 0 fully saturated rings. The normalized spacial score (nSPS) is 15.0. The summed E-state index contributed by atoms with van der Waals surface area (Å²) >= 11 is 0. The molecule has 256 valence electrons.